The maximum absolute atomic E-state index is 9.81. The summed E-state index contributed by atoms with van der Waals surface area (Å²) in [6, 6.07) is 0. The van der Waals surface area contributed by atoms with Crippen LogP contribution in [0.5, 0.6) is 0 Å². The summed E-state index contributed by atoms with van der Waals surface area (Å²) in [6.07, 6.45) is 9.96. The molecule has 0 amide bonds. The Bertz CT molecular complexity index is 170. The van der Waals surface area contributed by atoms with Crippen LogP contribution in [0, 0.1) is 0 Å². The predicted octanol–water partition coefficient (Wildman–Crippen LogP) is 0.920. The molecule has 1 radical (unpaired) electrons. The van der Waals surface area contributed by atoms with Crippen LogP contribution in [-0.2, 0) is 4.79 Å². The van der Waals surface area contributed by atoms with Gasteiger partial charge in [-0.25, -0.2) is 0 Å². The number of nitrogens with one attached hydrogen (secondary N) is 1. The van der Waals surface area contributed by atoms with Crippen molar-refractivity contribution in [3.05, 3.63) is 23.9 Å². The van der Waals surface area contributed by atoms with Crippen molar-refractivity contribution in [1.82, 2.24) is 5.32 Å². The molecule has 0 saturated heterocycles. The van der Waals surface area contributed by atoms with E-state index in [1.54, 1.807) is 6.29 Å². The molecule has 0 aromatic heterocycles. The molecule has 1 N–H and O–H groups in total. The van der Waals surface area contributed by atoms with E-state index in [9.17, 15) is 4.79 Å². The van der Waals surface area contributed by atoms with Crippen molar-refractivity contribution in [2.24, 2.45) is 0 Å². The zero-order chi connectivity index (χ0) is 7.23. The predicted molar refractivity (Wildman–Crippen MR) is 40.2 cm³/mol. The molecule has 0 saturated carbocycles. The fraction of sp³-hybridized carbons (Fsp3) is 0.375. The molecule has 0 spiro atoms. The summed E-state index contributed by atoms with van der Waals surface area (Å²) in [5, 5.41) is 2.96. The van der Waals surface area contributed by atoms with Crippen LogP contribution in [0.4, 0.5) is 0 Å². The van der Waals surface area contributed by atoms with Crippen LogP contribution in [0.15, 0.2) is 23.9 Å². The zero-order valence-corrected chi connectivity index (χ0v) is 5.76. The third-order valence-corrected chi connectivity index (χ3v) is 1.40. The Labute approximate surface area is 60.6 Å². The van der Waals surface area contributed by atoms with Crippen molar-refractivity contribution in [2.75, 3.05) is 6.54 Å². The van der Waals surface area contributed by atoms with Gasteiger partial charge in [0.25, 0.3) is 0 Å². The van der Waals surface area contributed by atoms with Gasteiger partial charge in [0.05, 0.1) is 6.54 Å². The van der Waals surface area contributed by atoms with Crippen LogP contribution in [0.3, 0.4) is 0 Å². The first-order valence-corrected chi connectivity index (χ1v) is 3.38. The summed E-state index contributed by atoms with van der Waals surface area (Å²) >= 11 is 0. The highest BCUT2D eigenvalue weighted by molar-refractivity contribution is 5.53. The maximum atomic E-state index is 9.81. The second-order valence-corrected chi connectivity index (χ2v) is 2.16. The normalized spacial score (nSPS) is 16.2. The highest BCUT2D eigenvalue weighted by atomic mass is 16.1. The number of rotatable bonds is 3. The summed E-state index contributed by atoms with van der Waals surface area (Å²) in [5.74, 6) is 0. The molecule has 0 aliphatic heterocycles. The second-order valence-electron chi connectivity index (χ2n) is 2.16. The third kappa shape index (κ3) is 2.05. The van der Waals surface area contributed by atoms with Crippen LogP contribution < -0.4 is 5.32 Å². The van der Waals surface area contributed by atoms with Gasteiger partial charge in [-0.05, 0) is 18.9 Å². The molecular weight excluding hydrogens is 126 g/mol. The lowest BCUT2D eigenvalue weighted by Gasteiger charge is -2.08. The SMILES string of the molecule is O=[C]CNC1=CC=CCC1. The highest BCUT2D eigenvalue weighted by Gasteiger charge is 1.96. The Balaban J connectivity index is 2.32. The van der Waals surface area contributed by atoms with Crippen LogP contribution in [-0.4, -0.2) is 12.8 Å². The van der Waals surface area contributed by atoms with Gasteiger partial charge in [0.1, 0.15) is 0 Å². The number of hydrogen-bond donors (Lipinski definition) is 1. The number of carbonyl (C=O) groups excluding carboxylic acids is 1. The topological polar surface area (TPSA) is 29.1 Å². The van der Waals surface area contributed by atoms with E-state index in [4.69, 9.17) is 0 Å². The van der Waals surface area contributed by atoms with Crippen molar-refractivity contribution in [1.29, 1.82) is 0 Å². The lowest BCUT2D eigenvalue weighted by Crippen LogP contribution is -2.16. The van der Waals surface area contributed by atoms with E-state index in [-0.39, 0.29) is 0 Å². The molecule has 0 fully saturated rings. The van der Waals surface area contributed by atoms with Gasteiger partial charge < -0.3 is 5.32 Å². The van der Waals surface area contributed by atoms with E-state index < -0.39 is 0 Å². The van der Waals surface area contributed by atoms with E-state index >= 15 is 0 Å². The quantitative estimate of drug-likeness (QED) is 0.625. The minimum atomic E-state index is 0.305. The molecule has 2 heteroatoms. The number of allylic oxidation sites excluding steroid dienone is 4. The summed E-state index contributed by atoms with van der Waals surface area (Å²) in [6.45, 7) is 0.305. The fourth-order valence-electron chi connectivity index (χ4n) is 0.900. The van der Waals surface area contributed by atoms with Gasteiger partial charge in [0.2, 0.25) is 6.29 Å². The molecule has 1 aliphatic rings. The zero-order valence-electron chi connectivity index (χ0n) is 5.76. The van der Waals surface area contributed by atoms with E-state index in [2.05, 4.69) is 11.4 Å². The van der Waals surface area contributed by atoms with Gasteiger partial charge in [-0.15, -0.1) is 0 Å². The average Bonchev–Trinajstić information content (AvgIpc) is 2.03. The molecule has 1 rings (SSSR count). The second kappa shape index (κ2) is 3.88. The molecule has 0 aromatic carbocycles. The smallest absolute Gasteiger partial charge is 0.219 e. The van der Waals surface area contributed by atoms with E-state index in [0.29, 0.717) is 6.54 Å². The Morgan fingerprint density at radius 3 is 3.20 bits per heavy atom. The minimum Gasteiger partial charge on any atom is -0.381 e. The van der Waals surface area contributed by atoms with E-state index in [0.717, 1.165) is 18.5 Å². The molecule has 1 aliphatic carbocycles. The van der Waals surface area contributed by atoms with Gasteiger partial charge in [-0.1, -0.05) is 12.2 Å². The Hall–Kier alpha value is -1.05. The maximum Gasteiger partial charge on any atom is 0.219 e. The van der Waals surface area contributed by atoms with Gasteiger partial charge in [-0.3, -0.25) is 4.79 Å². The van der Waals surface area contributed by atoms with Gasteiger partial charge in [0.15, 0.2) is 0 Å². The standard InChI is InChI=1S/C8H10NO/c10-7-6-9-8-4-2-1-3-5-8/h1-2,4,9H,3,5-6H2. The van der Waals surface area contributed by atoms with Crippen LogP contribution in [0.1, 0.15) is 12.8 Å². The fourth-order valence-corrected chi connectivity index (χ4v) is 0.900. The summed E-state index contributed by atoms with van der Waals surface area (Å²) in [4.78, 5) is 9.81. The molecule has 0 aromatic rings. The average molecular weight is 136 g/mol. The van der Waals surface area contributed by atoms with Crippen molar-refractivity contribution in [3.8, 4) is 0 Å². The van der Waals surface area contributed by atoms with Crippen LogP contribution in [0.2, 0.25) is 0 Å². The molecule has 10 heavy (non-hydrogen) atoms. The summed E-state index contributed by atoms with van der Waals surface area (Å²) < 4.78 is 0. The van der Waals surface area contributed by atoms with Crippen molar-refractivity contribution < 1.29 is 4.79 Å². The van der Waals surface area contributed by atoms with Crippen molar-refractivity contribution in [2.45, 2.75) is 12.8 Å². The van der Waals surface area contributed by atoms with E-state index in [1.807, 2.05) is 12.2 Å². The van der Waals surface area contributed by atoms with Crippen molar-refractivity contribution in [3.63, 3.8) is 0 Å². The first-order chi connectivity index (χ1) is 4.93. The molecule has 0 unspecified atom stereocenters. The van der Waals surface area contributed by atoms with Gasteiger partial charge in [-0.2, -0.15) is 0 Å². The van der Waals surface area contributed by atoms with Gasteiger partial charge in [0, 0.05) is 5.70 Å². The lowest BCUT2D eigenvalue weighted by molar-refractivity contribution is 0.551. The molecule has 2 nitrogen and oxygen atoms in total. The molecular formula is C8H10NO. The first kappa shape index (κ1) is 7.06. The monoisotopic (exact) mass is 136 g/mol. The largest absolute Gasteiger partial charge is 0.381 e. The Kier molecular flexibility index (Phi) is 2.74. The third-order valence-electron chi connectivity index (χ3n) is 1.40. The van der Waals surface area contributed by atoms with Crippen molar-refractivity contribution >= 4 is 6.29 Å². The first-order valence-electron chi connectivity index (χ1n) is 3.38. The Morgan fingerprint density at radius 2 is 2.60 bits per heavy atom. The van der Waals surface area contributed by atoms with Gasteiger partial charge >= 0.3 is 0 Å². The highest BCUT2D eigenvalue weighted by Crippen LogP contribution is 2.07. The molecule has 0 heterocycles. The summed E-state index contributed by atoms with van der Waals surface area (Å²) in [7, 11) is 0. The van der Waals surface area contributed by atoms with E-state index in [1.165, 1.54) is 0 Å². The molecule has 53 valence electrons. The number of hydrogen-bond acceptors (Lipinski definition) is 2. The molecule has 0 atom stereocenters. The summed E-state index contributed by atoms with van der Waals surface area (Å²) in [5.41, 5.74) is 1.13. The van der Waals surface area contributed by atoms with Crippen LogP contribution in [0.25, 0.3) is 0 Å². The van der Waals surface area contributed by atoms with Crippen LogP contribution >= 0.6 is 0 Å². The lowest BCUT2D eigenvalue weighted by atomic mass is 10.1. The Morgan fingerprint density at radius 1 is 1.70 bits per heavy atom. The minimum absolute atomic E-state index is 0.305. The molecule has 0 bridgehead atoms.